The molecule has 8 heteroatoms. The van der Waals surface area contributed by atoms with Crippen LogP contribution in [-0.2, 0) is 0 Å². The summed E-state index contributed by atoms with van der Waals surface area (Å²) in [6.07, 6.45) is 1.71. The monoisotopic (exact) mass is 520 g/mol. The van der Waals surface area contributed by atoms with Gasteiger partial charge in [0.05, 0.1) is 30.0 Å². The van der Waals surface area contributed by atoms with Crippen molar-refractivity contribution in [2.24, 2.45) is 0 Å². The van der Waals surface area contributed by atoms with Crippen LogP contribution in [0.3, 0.4) is 0 Å². The van der Waals surface area contributed by atoms with E-state index in [1.807, 2.05) is 54.6 Å². The summed E-state index contributed by atoms with van der Waals surface area (Å²) in [5, 5.41) is 17.5. The van der Waals surface area contributed by atoms with Gasteiger partial charge in [-0.15, -0.1) is 21.5 Å². The van der Waals surface area contributed by atoms with Gasteiger partial charge < -0.3 is 19.5 Å². The van der Waals surface area contributed by atoms with Crippen LogP contribution in [0.4, 0.5) is 11.5 Å². The third-order valence-electron chi connectivity index (χ3n) is 6.19. The van der Waals surface area contributed by atoms with E-state index in [0.717, 1.165) is 37.9 Å². The van der Waals surface area contributed by atoms with Gasteiger partial charge in [0.25, 0.3) is 0 Å². The number of pyridine rings is 1. The maximum atomic E-state index is 6.23. The number of ether oxygens (including phenoxy) is 3. The van der Waals surface area contributed by atoms with E-state index in [2.05, 4.69) is 51.0 Å². The van der Waals surface area contributed by atoms with Crippen LogP contribution in [-0.4, -0.2) is 29.4 Å². The van der Waals surface area contributed by atoms with Gasteiger partial charge in [0.15, 0.2) is 5.82 Å². The Labute approximate surface area is 223 Å². The largest absolute Gasteiger partial charge is 0.497 e. The number of fused-ring (bicyclic) bond motifs is 2. The van der Waals surface area contributed by atoms with Crippen LogP contribution in [0.15, 0.2) is 84.4 Å². The zero-order chi connectivity index (χ0) is 26.1. The maximum Gasteiger partial charge on any atom is 0.161 e. The number of anilines is 2. The first-order chi connectivity index (χ1) is 18.6. The second kappa shape index (κ2) is 9.99. The minimum Gasteiger partial charge on any atom is -0.497 e. The molecule has 0 aliphatic carbocycles. The molecule has 0 atom stereocenters. The van der Waals surface area contributed by atoms with E-state index in [1.54, 1.807) is 31.8 Å². The normalized spacial score (nSPS) is 11.0. The first-order valence-electron chi connectivity index (χ1n) is 12.0. The lowest BCUT2D eigenvalue weighted by Gasteiger charge is -2.14. The van der Waals surface area contributed by atoms with Gasteiger partial charge in [-0.1, -0.05) is 24.3 Å². The standard InChI is InChI=1S/C30H24N4O3S/c1-18-14-27(38-17-18)29-22-6-4-5-7-23(22)30(34-33-29)32-19-8-10-20(11-9-19)37-25-12-13-31-24-15-21(35-2)16-26(36-3)28(24)25/h4-17H,1-3H3,(H,32,34). The summed E-state index contributed by atoms with van der Waals surface area (Å²) in [5.41, 5.74) is 3.71. The van der Waals surface area contributed by atoms with Crippen LogP contribution in [0.5, 0.6) is 23.0 Å². The Morgan fingerprint density at radius 3 is 2.34 bits per heavy atom. The molecule has 0 amide bonds. The molecule has 3 aromatic carbocycles. The lowest BCUT2D eigenvalue weighted by Crippen LogP contribution is -1.99. The number of hydrogen-bond acceptors (Lipinski definition) is 8. The molecule has 0 aliphatic rings. The summed E-state index contributed by atoms with van der Waals surface area (Å²) < 4.78 is 17.2. The molecule has 0 fully saturated rings. The number of aromatic nitrogens is 3. The van der Waals surface area contributed by atoms with Crippen molar-refractivity contribution in [3.8, 4) is 33.6 Å². The number of thiophene rings is 1. The van der Waals surface area contributed by atoms with Crippen LogP contribution in [0.1, 0.15) is 5.56 Å². The topological polar surface area (TPSA) is 78.4 Å². The van der Waals surface area contributed by atoms with Crippen molar-refractivity contribution < 1.29 is 14.2 Å². The lowest BCUT2D eigenvalue weighted by atomic mass is 10.1. The molecule has 38 heavy (non-hydrogen) atoms. The molecule has 0 bridgehead atoms. The SMILES string of the molecule is COc1cc(OC)c2c(Oc3ccc(Nc4nnc(-c5cc(C)cs5)c5ccccc45)cc3)ccnc2c1. The molecule has 0 radical (unpaired) electrons. The molecule has 0 aliphatic heterocycles. The second-order valence-electron chi connectivity index (χ2n) is 8.72. The number of hydrogen-bond donors (Lipinski definition) is 1. The van der Waals surface area contributed by atoms with E-state index in [4.69, 9.17) is 14.2 Å². The fraction of sp³-hybridized carbons (Fsp3) is 0.100. The Morgan fingerprint density at radius 2 is 1.61 bits per heavy atom. The Kier molecular flexibility index (Phi) is 6.23. The van der Waals surface area contributed by atoms with Crippen LogP contribution >= 0.6 is 11.3 Å². The van der Waals surface area contributed by atoms with Gasteiger partial charge in [-0.25, -0.2) is 0 Å². The molecular weight excluding hydrogens is 496 g/mol. The fourth-order valence-corrected chi connectivity index (χ4v) is 5.26. The van der Waals surface area contributed by atoms with Crippen molar-refractivity contribution >= 4 is 44.5 Å². The Morgan fingerprint density at radius 1 is 0.789 bits per heavy atom. The van der Waals surface area contributed by atoms with E-state index in [-0.39, 0.29) is 0 Å². The number of nitrogens with zero attached hydrogens (tertiary/aromatic N) is 3. The molecule has 3 heterocycles. The smallest absolute Gasteiger partial charge is 0.161 e. The molecule has 6 rings (SSSR count). The van der Waals surface area contributed by atoms with Crippen molar-refractivity contribution in [3.05, 3.63) is 89.9 Å². The Balaban J connectivity index is 1.28. The number of rotatable bonds is 7. The van der Waals surface area contributed by atoms with E-state index < -0.39 is 0 Å². The van der Waals surface area contributed by atoms with Gasteiger partial charge in [0.1, 0.15) is 28.7 Å². The first kappa shape index (κ1) is 23.7. The highest BCUT2D eigenvalue weighted by molar-refractivity contribution is 7.13. The highest BCUT2D eigenvalue weighted by Gasteiger charge is 2.14. The minimum atomic E-state index is 0.632. The van der Waals surface area contributed by atoms with Crippen LogP contribution in [0.2, 0.25) is 0 Å². The molecular formula is C30H24N4O3S. The molecule has 0 spiro atoms. The Hall–Kier alpha value is -4.69. The van der Waals surface area contributed by atoms with Crippen molar-refractivity contribution in [2.75, 3.05) is 19.5 Å². The fourth-order valence-electron chi connectivity index (χ4n) is 4.36. The molecule has 6 aromatic rings. The molecule has 0 saturated carbocycles. The van der Waals surface area contributed by atoms with E-state index in [9.17, 15) is 0 Å². The minimum absolute atomic E-state index is 0.632. The van der Waals surface area contributed by atoms with Crippen molar-refractivity contribution in [1.29, 1.82) is 0 Å². The summed E-state index contributed by atoms with van der Waals surface area (Å²) >= 11 is 1.68. The summed E-state index contributed by atoms with van der Waals surface area (Å²) in [4.78, 5) is 5.56. The van der Waals surface area contributed by atoms with Crippen LogP contribution in [0, 0.1) is 6.92 Å². The summed E-state index contributed by atoms with van der Waals surface area (Å²) in [6.45, 7) is 2.09. The van der Waals surface area contributed by atoms with Gasteiger partial charge in [-0.3, -0.25) is 4.98 Å². The van der Waals surface area contributed by atoms with Crippen molar-refractivity contribution in [3.63, 3.8) is 0 Å². The molecule has 1 N–H and O–H groups in total. The zero-order valence-corrected chi connectivity index (χ0v) is 21.9. The molecule has 3 aromatic heterocycles. The number of nitrogens with one attached hydrogen (secondary N) is 1. The van der Waals surface area contributed by atoms with E-state index >= 15 is 0 Å². The third kappa shape index (κ3) is 4.46. The third-order valence-corrected chi connectivity index (χ3v) is 7.25. The molecule has 0 saturated heterocycles. The summed E-state index contributed by atoms with van der Waals surface area (Å²) in [5.74, 6) is 3.33. The summed E-state index contributed by atoms with van der Waals surface area (Å²) in [7, 11) is 3.23. The van der Waals surface area contributed by atoms with Crippen LogP contribution in [0.25, 0.3) is 32.2 Å². The van der Waals surface area contributed by atoms with Gasteiger partial charge in [-0.2, -0.15) is 0 Å². The Bertz CT molecular complexity index is 1770. The highest BCUT2D eigenvalue weighted by atomic mass is 32.1. The number of methoxy groups -OCH3 is 2. The maximum absolute atomic E-state index is 6.23. The van der Waals surface area contributed by atoms with Gasteiger partial charge >= 0.3 is 0 Å². The molecule has 188 valence electrons. The van der Waals surface area contributed by atoms with E-state index in [1.165, 1.54) is 5.56 Å². The quantitative estimate of drug-likeness (QED) is 0.230. The zero-order valence-electron chi connectivity index (χ0n) is 21.1. The first-order valence-corrected chi connectivity index (χ1v) is 12.9. The second-order valence-corrected chi connectivity index (χ2v) is 9.63. The predicted octanol–water partition coefficient (Wildman–Crippen LogP) is 7.77. The van der Waals surface area contributed by atoms with Crippen molar-refractivity contribution in [2.45, 2.75) is 6.92 Å². The summed E-state index contributed by atoms with van der Waals surface area (Å²) in [6, 6.07) is 23.5. The molecule has 0 unspecified atom stereocenters. The van der Waals surface area contributed by atoms with E-state index in [0.29, 0.717) is 28.8 Å². The highest BCUT2D eigenvalue weighted by Crippen LogP contribution is 2.39. The van der Waals surface area contributed by atoms with Gasteiger partial charge in [0, 0.05) is 34.8 Å². The van der Waals surface area contributed by atoms with Crippen molar-refractivity contribution in [1.82, 2.24) is 15.2 Å². The number of benzene rings is 3. The van der Waals surface area contributed by atoms with Gasteiger partial charge in [0.2, 0.25) is 0 Å². The average molecular weight is 521 g/mol. The van der Waals surface area contributed by atoms with Crippen LogP contribution < -0.4 is 19.5 Å². The molecule has 7 nitrogen and oxygen atoms in total. The predicted molar refractivity (Wildman–Crippen MR) is 152 cm³/mol. The van der Waals surface area contributed by atoms with Gasteiger partial charge in [-0.05, 0) is 54.3 Å². The average Bonchev–Trinajstić information content (AvgIpc) is 3.39. The number of aryl methyl sites for hydroxylation is 1. The lowest BCUT2D eigenvalue weighted by molar-refractivity contribution is 0.396.